The molecule has 0 aliphatic heterocycles. The van der Waals surface area contributed by atoms with E-state index in [0.29, 0.717) is 17.0 Å². The van der Waals surface area contributed by atoms with E-state index in [4.69, 9.17) is 4.42 Å². The fraction of sp³-hybridized carbons (Fsp3) is 0.182. The molecule has 0 atom stereocenters. The highest BCUT2D eigenvalue weighted by atomic mass is 79.9. The Morgan fingerprint density at radius 1 is 1.60 bits per heavy atom. The van der Waals surface area contributed by atoms with Gasteiger partial charge in [-0.2, -0.15) is 0 Å². The summed E-state index contributed by atoms with van der Waals surface area (Å²) in [4.78, 5) is 11.2. The van der Waals surface area contributed by atoms with Crippen LogP contribution in [0.2, 0.25) is 0 Å². The zero-order valence-corrected chi connectivity index (χ0v) is 9.79. The summed E-state index contributed by atoms with van der Waals surface area (Å²) in [6.45, 7) is 4.17. The second kappa shape index (κ2) is 6.24. The highest BCUT2D eigenvalue weighted by Crippen LogP contribution is 2.14. The number of halogens is 1. The summed E-state index contributed by atoms with van der Waals surface area (Å²) < 4.78 is 5.84. The molecular weight excluding hydrogens is 258 g/mol. The third-order valence-electron chi connectivity index (χ3n) is 1.64. The topological polar surface area (TPSA) is 42.2 Å². The minimum Gasteiger partial charge on any atom is -0.450 e. The summed E-state index contributed by atoms with van der Waals surface area (Å²) >= 11 is 3.18. The molecule has 1 aromatic rings. The number of hydrogen-bond acceptors (Lipinski definition) is 2. The highest BCUT2D eigenvalue weighted by molar-refractivity contribution is 9.10. The van der Waals surface area contributed by atoms with E-state index in [0.717, 1.165) is 6.42 Å². The summed E-state index contributed by atoms with van der Waals surface area (Å²) in [6, 6.07) is 3.55. The average Bonchev–Trinajstić information content (AvgIpc) is 2.62. The van der Waals surface area contributed by atoms with Gasteiger partial charge >= 0.3 is 0 Å². The fourth-order valence-electron chi connectivity index (χ4n) is 0.932. The largest absolute Gasteiger partial charge is 0.450 e. The van der Waals surface area contributed by atoms with E-state index in [2.05, 4.69) is 27.8 Å². The molecule has 0 radical (unpaired) electrons. The van der Waals surface area contributed by atoms with Crippen LogP contribution in [-0.2, 0) is 4.79 Å². The Balaban J connectivity index is 2.37. The number of rotatable bonds is 5. The van der Waals surface area contributed by atoms with E-state index in [1.165, 1.54) is 6.08 Å². The van der Waals surface area contributed by atoms with E-state index in [1.807, 2.05) is 0 Å². The molecule has 1 heterocycles. The van der Waals surface area contributed by atoms with E-state index < -0.39 is 0 Å². The molecule has 0 saturated heterocycles. The molecule has 0 aliphatic carbocycles. The number of carbonyl (C=O) groups excluding carboxylic acids is 1. The maximum Gasteiger partial charge on any atom is 0.244 e. The second-order valence-corrected chi connectivity index (χ2v) is 3.63. The second-order valence-electron chi connectivity index (χ2n) is 2.84. The van der Waals surface area contributed by atoms with Crippen molar-refractivity contribution in [3.8, 4) is 0 Å². The quantitative estimate of drug-likeness (QED) is 0.508. The van der Waals surface area contributed by atoms with E-state index in [-0.39, 0.29) is 5.91 Å². The van der Waals surface area contributed by atoms with Crippen LogP contribution in [0.1, 0.15) is 12.2 Å². The highest BCUT2D eigenvalue weighted by Gasteiger charge is 1.96. The van der Waals surface area contributed by atoms with Gasteiger partial charge in [0.2, 0.25) is 5.91 Å². The number of carbonyl (C=O) groups is 1. The van der Waals surface area contributed by atoms with Gasteiger partial charge in [-0.15, -0.1) is 6.58 Å². The lowest BCUT2D eigenvalue weighted by atomic mass is 10.3. The van der Waals surface area contributed by atoms with Gasteiger partial charge < -0.3 is 9.73 Å². The van der Waals surface area contributed by atoms with Gasteiger partial charge in [0.15, 0.2) is 4.67 Å². The average molecular weight is 270 g/mol. The normalized spacial score (nSPS) is 10.5. The zero-order valence-electron chi connectivity index (χ0n) is 8.20. The van der Waals surface area contributed by atoms with Crippen LogP contribution in [0, 0.1) is 0 Å². The van der Waals surface area contributed by atoms with Crippen molar-refractivity contribution in [2.24, 2.45) is 0 Å². The van der Waals surface area contributed by atoms with Crippen molar-refractivity contribution in [1.82, 2.24) is 5.32 Å². The molecule has 0 aromatic carbocycles. The van der Waals surface area contributed by atoms with Gasteiger partial charge in [-0.3, -0.25) is 4.79 Å². The molecule has 0 saturated carbocycles. The SMILES string of the molecule is C=CCCNC(=O)/C=C/c1ccc(Br)o1. The minimum atomic E-state index is -0.135. The van der Waals surface area contributed by atoms with Gasteiger partial charge in [-0.25, -0.2) is 0 Å². The molecule has 80 valence electrons. The number of amides is 1. The van der Waals surface area contributed by atoms with Crippen LogP contribution < -0.4 is 5.32 Å². The molecular formula is C11H12BrNO2. The smallest absolute Gasteiger partial charge is 0.244 e. The summed E-state index contributed by atoms with van der Waals surface area (Å²) in [5.41, 5.74) is 0. The fourth-order valence-corrected chi connectivity index (χ4v) is 1.25. The Morgan fingerprint density at radius 3 is 3.00 bits per heavy atom. The Kier molecular flexibility index (Phi) is 4.90. The predicted molar refractivity (Wildman–Crippen MR) is 63.3 cm³/mol. The predicted octanol–water partition coefficient (Wildman–Crippen LogP) is 2.75. The lowest BCUT2D eigenvalue weighted by molar-refractivity contribution is -0.116. The number of hydrogen-bond donors (Lipinski definition) is 1. The molecule has 3 nitrogen and oxygen atoms in total. The Bertz CT molecular complexity index is 368. The molecule has 0 fully saturated rings. The van der Waals surface area contributed by atoms with Crippen molar-refractivity contribution >= 4 is 27.9 Å². The molecule has 0 unspecified atom stereocenters. The van der Waals surface area contributed by atoms with Crippen molar-refractivity contribution in [2.45, 2.75) is 6.42 Å². The molecule has 4 heteroatoms. The van der Waals surface area contributed by atoms with Gasteiger partial charge in [-0.1, -0.05) is 6.08 Å². The van der Waals surface area contributed by atoms with Crippen molar-refractivity contribution in [2.75, 3.05) is 6.54 Å². The zero-order chi connectivity index (χ0) is 11.1. The van der Waals surface area contributed by atoms with Crippen LogP contribution in [0.5, 0.6) is 0 Å². The molecule has 1 aromatic heterocycles. The number of nitrogens with one attached hydrogen (secondary N) is 1. The maximum atomic E-state index is 11.2. The Labute approximate surface area is 97.0 Å². The third-order valence-corrected chi connectivity index (χ3v) is 2.07. The van der Waals surface area contributed by atoms with Crippen LogP contribution in [0.4, 0.5) is 0 Å². The Hall–Kier alpha value is -1.29. The summed E-state index contributed by atoms with van der Waals surface area (Å²) in [7, 11) is 0. The molecule has 1 rings (SSSR count). The summed E-state index contributed by atoms with van der Waals surface area (Å²) in [5.74, 6) is 0.505. The number of furan rings is 1. The van der Waals surface area contributed by atoms with E-state index in [1.54, 1.807) is 24.3 Å². The molecule has 0 bridgehead atoms. The first kappa shape index (κ1) is 11.8. The maximum absolute atomic E-state index is 11.2. The molecule has 0 spiro atoms. The van der Waals surface area contributed by atoms with Crippen molar-refractivity contribution in [3.63, 3.8) is 0 Å². The lowest BCUT2D eigenvalue weighted by Gasteiger charge is -1.96. The van der Waals surface area contributed by atoms with Crippen LogP contribution in [0.25, 0.3) is 6.08 Å². The first-order chi connectivity index (χ1) is 7.22. The standard InChI is InChI=1S/C11H12BrNO2/c1-2-3-8-13-11(14)7-5-9-4-6-10(12)15-9/h2,4-7H,1,3,8H2,(H,13,14)/b7-5+. The third kappa shape index (κ3) is 4.65. The summed E-state index contributed by atoms with van der Waals surface area (Å²) in [5, 5.41) is 2.71. The van der Waals surface area contributed by atoms with Crippen molar-refractivity contribution < 1.29 is 9.21 Å². The van der Waals surface area contributed by atoms with E-state index in [9.17, 15) is 4.79 Å². The molecule has 1 N–H and O–H groups in total. The van der Waals surface area contributed by atoms with Crippen molar-refractivity contribution in [1.29, 1.82) is 0 Å². The van der Waals surface area contributed by atoms with Crippen molar-refractivity contribution in [3.05, 3.63) is 41.3 Å². The van der Waals surface area contributed by atoms with E-state index >= 15 is 0 Å². The monoisotopic (exact) mass is 269 g/mol. The minimum absolute atomic E-state index is 0.135. The first-order valence-electron chi connectivity index (χ1n) is 4.54. The lowest BCUT2D eigenvalue weighted by Crippen LogP contribution is -2.21. The van der Waals surface area contributed by atoms with Crippen LogP contribution in [-0.4, -0.2) is 12.5 Å². The summed E-state index contributed by atoms with van der Waals surface area (Å²) in [6.07, 6.45) is 5.59. The van der Waals surface area contributed by atoms with Crippen LogP contribution in [0.3, 0.4) is 0 Å². The molecule has 15 heavy (non-hydrogen) atoms. The molecule has 0 aliphatic rings. The van der Waals surface area contributed by atoms with Crippen LogP contribution >= 0.6 is 15.9 Å². The van der Waals surface area contributed by atoms with Gasteiger partial charge in [-0.05, 0) is 40.6 Å². The van der Waals surface area contributed by atoms with Gasteiger partial charge in [0, 0.05) is 12.6 Å². The Morgan fingerprint density at radius 2 is 2.40 bits per heavy atom. The first-order valence-corrected chi connectivity index (χ1v) is 5.34. The van der Waals surface area contributed by atoms with Gasteiger partial charge in [0.1, 0.15) is 5.76 Å². The molecule has 1 amide bonds. The van der Waals surface area contributed by atoms with Gasteiger partial charge in [0.05, 0.1) is 0 Å². The van der Waals surface area contributed by atoms with Crippen LogP contribution in [0.15, 0.2) is 40.0 Å². The van der Waals surface area contributed by atoms with Gasteiger partial charge in [0.25, 0.3) is 0 Å².